The van der Waals surface area contributed by atoms with Crippen LogP contribution in [0.2, 0.25) is 0 Å². The van der Waals surface area contributed by atoms with E-state index in [9.17, 15) is 17.6 Å². The lowest BCUT2D eigenvalue weighted by Gasteiger charge is -2.28. The first-order chi connectivity index (χ1) is 11.4. The molecule has 0 aliphatic carbocycles. The van der Waals surface area contributed by atoms with Crippen molar-refractivity contribution in [2.75, 3.05) is 11.3 Å². The lowest BCUT2D eigenvalue weighted by atomic mass is 9.99. The first-order valence-corrected chi connectivity index (χ1v) is 9.00. The summed E-state index contributed by atoms with van der Waals surface area (Å²) in [5.41, 5.74) is 2.33. The highest BCUT2D eigenvalue weighted by Gasteiger charge is 2.21. The van der Waals surface area contributed by atoms with E-state index in [1.807, 2.05) is 6.07 Å². The van der Waals surface area contributed by atoms with Gasteiger partial charge < -0.3 is 4.90 Å². The summed E-state index contributed by atoms with van der Waals surface area (Å²) in [6, 6.07) is 10.4. The predicted octanol–water partition coefficient (Wildman–Crippen LogP) is 2.53. The van der Waals surface area contributed by atoms with Gasteiger partial charge in [0.15, 0.2) is 0 Å². The van der Waals surface area contributed by atoms with E-state index in [1.54, 1.807) is 17.0 Å². The van der Waals surface area contributed by atoms with Crippen molar-refractivity contribution in [3.8, 4) is 0 Å². The summed E-state index contributed by atoms with van der Waals surface area (Å²) in [5.74, 6) is -0.816. The number of nitrogens with zero attached hydrogens (tertiary/aromatic N) is 1. The molecule has 1 amide bonds. The van der Waals surface area contributed by atoms with E-state index in [1.165, 1.54) is 25.1 Å². The second kappa shape index (κ2) is 6.24. The van der Waals surface area contributed by atoms with E-state index in [0.29, 0.717) is 18.8 Å². The summed E-state index contributed by atoms with van der Waals surface area (Å²) in [6.45, 7) is 2.61. The summed E-state index contributed by atoms with van der Waals surface area (Å²) >= 11 is 0. The standard InChI is InChI=1S/C17H17FN2O3S/c1-12(21)20-9-8-13-6-7-15(10-14(13)11-20)19-24(22,23)17-5-3-2-4-16(17)18/h2-7,10,19H,8-9,11H2,1H3. The summed E-state index contributed by atoms with van der Waals surface area (Å²) in [6.07, 6.45) is 0.731. The Kier molecular flexibility index (Phi) is 4.28. The molecule has 0 bridgehead atoms. The van der Waals surface area contributed by atoms with Crippen LogP contribution in [0.25, 0.3) is 0 Å². The molecule has 2 aromatic carbocycles. The molecule has 1 aliphatic rings. The van der Waals surface area contributed by atoms with E-state index >= 15 is 0 Å². The van der Waals surface area contributed by atoms with E-state index in [-0.39, 0.29) is 5.91 Å². The number of carbonyl (C=O) groups excluding carboxylic acids is 1. The quantitative estimate of drug-likeness (QED) is 0.927. The Morgan fingerprint density at radius 3 is 2.62 bits per heavy atom. The van der Waals surface area contributed by atoms with Crippen molar-refractivity contribution in [1.29, 1.82) is 0 Å². The van der Waals surface area contributed by atoms with Crippen LogP contribution in [0.3, 0.4) is 0 Å². The van der Waals surface area contributed by atoms with E-state index in [0.717, 1.165) is 23.6 Å². The number of fused-ring (bicyclic) bond motifs is 1. The smallest absolute Gasteiger partial charge is 0.264 e. The monoisotopic (exact) mass is 348 g/mol. The molecule has 1 N–H and O–H groups in total. The highest BCUT2D eigenvalue weighted by atomic mass is 32.2. The minimum absolute atomic E-state index is 0.0157. The van der Waals surface area contributed by atoms with Crippen molar-refractivity contribution in [2.24, 2.45) is 0 Å². The van der Waals surface area contributed by atoms with Crippen LogP contribution in [-0.4, -0.2) is 25.8 Å². The first-order valence-electron chi connectivity index (χ1n) is 7.51. The van der Waals surface area contributed by atoms with Gasteiger partial charge in [0.1, 0.15) is 10.7 Å². The Bertz CT molecular complexity index is 896. The molecule has 0 aromatic heterocycles. The van der Waals surface area contributed by atoms with E-state index in [4.69, 9.17) is 0 Å². The molecule has 0 saturated heterocycles. The van der Waals surface area contributed by atoms with Crippen LogP contribution in [-0.2, 0) is 27.8 Å². The molecule has 2 aromatic rings. The van der Waals surface area contributed by atoms with Gasteiger partial charge in [0.25, 0.3) is 10.0 Å². The number of anilines is 1. The molecular formula is C17H17FN2O3S. The van der Waals surface area contributed by atoms with Crippen molar-refractivity contribution < 1.29 is 17.6 Å². The molecule has 0 unspecified atom stereocenters. The highest BCUT2D eigenvalue weighted by Crippen LogP contribution is 2.25. The van der Waals surface area contributed by atoms with Crippen LogP contribution in [0.4, 0.5) is 10.1 Å². The summed E-state index contributed by atoms with van der Waals surface area (Å²) in [5, 5.41) is 0. The number of carbonyl (C=O) groups is 1. The number of hydrogen-bond donors (Lipinski definition) is 1. The Hall–Kier alpha value is -2.41. The number of amides is 1. The Morgan fingerprint density at radius 1 is 1.17 bits per heavy atom. The highest BCUT2D eigenvalue weighted by molar-refractivity contribution is 7.92. The first kappa shape index (κ1) is 16.4. The number of sulfonamides is 1. The van der Waals surface area contributed by atoms with Gasteiger partial charge in [0, 0.05) is 25.7 Å². The Morgan fingerprint density at radius 2 is 1.92 bits per heavy atom. The maximum atomic E-state index is 13.7. The van der Waals surface area contributed by atoms with Gasteiger partial charge in [-0.05, 0) is 41.8 Å². The third kappa shape index (κ3) is 3.26. The molecule has 0 spiro atoms. The lowest BCUT2D eigenvalue weighted by molar-refractivity contribution is -0.129. The molecule has 0 radical (unpaired) electrons. The number of halogens is 1. The number of hydrogen-bond acceptors (Lipinski definition) is 3. The third-order valence-electron chi connectivity index (χ3n) is 4.04. The van der Waals surface area contributed by atoms with Crippen LogP contribution in [0.1, 0.15) is 18.1 Å². The summed E-state index contributed by atoms with van der Waals surface area (Å²) in [7, 11) is -4.01. The fourth-order valence-electron chi connectivity index (χ4n) is 2.76. The van der Waals surface area contributed by atoms with Gasteiger partial charge in [-0.3, -0.25) is 9.52 Å². The van der Waals surface area contributed by atoms with Gasteiger partial charge in [-0.2, -0.15) is 0 Å². The number of benzene rings is 2. The van der Waals surface area contributed by atoms with Crippen molar-refractivity contribution >= 4 is 21.6 Å². The largest absolute Gasteiger partial charge is 0.338 e. The van der Waals surface area contributed by atoms with Crippen molar-refractivity contribution in [1.82, 2.24) is 4.90 Å². The topological polar surface area (TPSA) is 66.5 Å². The lowest BCUT2D eigenvalue weighted by Crippen LogP contribution is -2.34. The molecule has 126 valence electrons. The zero-order chi connectivity index (χ0) is 17.3. The maximum Gasteiger partial charge on any atom is 0.264 e. The van der Waals surface area contributed by atoms with Gasteiger partial charge in [0.2, 0.25) is 5.91 Å². The molecule has 24 heavy (non-hydrogen) atoms. The molecular weight excluding hydrogens is 331 g/mol. The number of rotatable bonds is 3. The second-order valence-corrected chi connectivity index (χ2v) is 7.36. The van der Waals surface area contributed by atoms with Crippen LogP contribution < -0.4 is 4.72 Å². The van der Waals surface area contributed by atoms with Crippen LogP contribution >= 0.6 is 0 Å². The van der Waals surface area contributed by atoms with Crippen molar-refractivity contribution in [3.05, 3.63) is 59.4 Å². The average Bonchev–Trinajstić information content (AvgIpc) is 2.54. The number of nitrogens with one attached hydrogen (secondary N) is 1. The molecule has 7 heteroatoms. The van der Waals surface area contributed by atoms with Gasteiger partial charge in [-0.25, -0.2) is 12.8 Å². The molecule has 0 fully saturated rings. The minimum atomic E-state index is -4.01. The van der Waals surface area contributed by atoms with E-state index in [2.05, 4.69) is 4.72 Å². The van der Waals surface area contributed by atoms with Gasteiger partial charge in [0.05, 0.1) is 0 Å². The van der Waals surface area contributed by atoms with Gasteiger partial charge >= 0.3 is 0 Å². The van der Waals surface area contributed by atoms with Gasteiger partial charge in [-0.15, -0.1) is 0 Å². The maximum absolute atomic E-state index is 13.7. The zero-order valence-corrected chi connectivity index (χ0v) is 13.9. The normalized spacial score (nSPS) is 14.2. The molecule has 1 heterocycles. The second-order valence-electron chi connectivity index (χ2n) is 5.71. The summed E-state index contributed by atoms with van der Waals surface area (Å²) < 4.78 is 40.8. The van der Waals surface area contributed by atoms with Gasteiger partial charge in [-0.1, -0.05) is 18.2 Å². The fraction of sp³-hybridized carbons (Fsp3) is 0.235. The van der Waals surface area contributed by atoms with Crippen molar-refractivity contribution in [3.63, 3.8) is 0 Å². The summed E-state index contributed by atoms with van der Waals surface area (Å²) in [4.78, 5) is 12.8. The van der Waals surface area contributed by atoms with E-state index < -0.39 is 20.7 Å². The molecule has 3 rings (SSSR count). The fourth-order valence-corrected chi connectivity index (χ4v) is 3.89. The predicted molar refractivity (Wildman–Crippen MR) is 88.4 cm³/mol. The Labute approximate surface area is 140 Å². The molecule has 0 atom stereocenters. The average molecular weight is 348 g/mol. The van der Waals surface area contributed by atoms with Crippen LogP contribution in [0, 0.1) is 5.82 Å². The molecule has 0 saturated carbocycles. The van der Waals surface area contributed by atoms with Crippen LogP contribution in [0.5, 0.6) is 0 Å². The third-order valence-corrected chi connectivity index (χ3v) is 5.46. The Balaban J connectivity index is 1.88. The molecule has 5 nitrogen and oxygen atoms in total. The minimum Gasteiger partial charge on any atom is -0.338 e. The zero-order valence-electron chi connectivity index (χ0n) is 13.1. The van der Waals surface area contributed by atoms with Crippen LogP contribution in [0.15, 0.2) is 47.4 Å². The molecule has 1 aliphatic heterocycles. The van der Waals surface area contributed by atoms with Crippen molar-refractivity contribution in [2.45, 2.75) is 24.8 Å². The SMILES string of the molecule is CC(=O)N1CCc2ccc(NS(=O)(=O)c3ccccc3F)cc2C1.